The smallest absolute Gasteiger partial charge is 0.135 e. The Kier molecular flexibility index (Phi) is 2.06. The van der Waals surface area contributed by atoms with Crippen LogP contribution in [0.5, 0.6) is 0 Å². The van der Waals surface area contributed by atoms with E-state index in [-0.39, 0.29) is 12.4 Å². The molecule has 0 saturated heterocycles. The normalized spacial score (nSPS) is 11.0. The van der Waals surface area contributed by atoms with Gasteiger partial charge >= 0.3 is 0 Å². The molecular formula is C10H9FOS. The molecular weight excluding hydrogens is 187 g/mol. The fourth-order valence-electron chi connectivity index (χ4n) is 1.37. The number of aryl methyl sites for hydroxylation is 1. The second-order valence-electron chi connectivity index (χ2n) is 2.99. The highest BCUT2D eigenvalue weighted by Crippen LogP contribution is 2.29. The first kappa shape index (κ1) is 8.66. The van der Waals surface area contributed by atoms with Crippen LogP contribution >= 0.6 is 11.3 Å². The lowest BCUT2D eigenvalue weighted by Crippen LogP contribution is -1.86. The van der Waals surface area contributed by atoms with Crippen molar-refractivity contribution in [3.05, 3.63) is 34.5 Å². The van der Waals surface area contributed by atoms with E-state index in [1.54, 1.807) is 18.4 Å². The summed E-state index contributed by atoms with van der Waals surface area (Å²) in [6.07, 6.45) is 0. The van der Waals surface area contributed by atoms with Gasteiger partial charge in [0.1, 0.15) is 5.82 Å². The van der Waals surface area contributed by atoms with Crippen LogP contribution in [0.25, 0.3) is 10.1 Å². The molecule has 1 heterocycles. The van der Waals surface area contributed by atoms with Crippen LogP contribution in [0.2, 0.25) is 0 Å². The van der Waals surface area contributed by atoms with Gasteiger partial charge in [0.05, 0.1) is 6.61 Å². The van der Waals surface area contributed by atoms with Crippen molar-refractivity contribution in [2.24, 2.45) is 0 Å². The molecule has 1 aromatic carbocycles. The van der Waals surface area contributed by atoms with Crippen LogP contribution in [0.15, 0.2) is 17.5 Å². The SMILES string of the molecule is Cc1ccc2scc(CO)c2c1F. The predicted octanol–water partition coefficient (Wildman–Crippen LogP) is 2.84. The van der Waals surface area contributed by atoms with E-state index in [9.17, 15) is 4.39 Å². The lowest BCUT2D eigenvalue weighted by atomic mass is 10.1. The highest BCUT2D eigenvalue weighted by atomic mass is 32.1. The molecule has 0 radical (unpaired) electrons. The van der Waals surface area contributed by atoms with Crippen molar-refractivity contribution >= 4 is 21.4 Å². The Labute approximate surface area is 79.4 Å². The molecule has 2 rings (SSSR count). The van der Waals surface area contributed by atoms with Gasteiger partial charge in [-0.2, -0.15) is 0 Å². The molecule has 0 fully saturated rings. The molecule has 0 unspecified atom stereocenters. The van der Waals surface area contributed by atoms with E-state index >= 15 is 0 Å². The lowest BCUT2D eigenvalue weighted by molar-refractivity contribution is 0.283. The molecule has 0 bridgehead atoms. The standard InChI is InChI=1S/C10H9FOS/c1-6-2-3-8-9(10(6)11)7(4-12)5-13-8/h2-3,5,12H,4H2,1H3. The molecule has 0 spiro atoms. The molecule has 0 aliphatic carbocycles. The van der Waals surface area contributed by atoms with Crippen molar-refractivity contribution in [3.63, 3.8) is 0 Å². The quantitative estimate of drug-likeness (QED) is 0.743. The summed E-state index contributed by atoms with van der Waals surface area (Å²) in [7, 11) is 0. The van der Waals surface area contributed by atoms with Crippen LogP contribution in [0.4, 0.5) is 4.39 Å². The Morgan fingerprint density at radius 1 is 1.46 bits per heavy atom. The van der Waals surface area contributed by atoms with E-state index in [0.29, 0.717) is 16.5 Å². The summed E-state index contributed by atoms with van der Waals surface area (Å²) in [5.41, 5.74) is 1.31. The Bertz CT molecular complexity index is 447. The molecule has 1 nitrogen and oxygen atoms in total. The topological polar surface area (TPSA) is 20.2 Å². The number of hydrogen-bond acceptors (Lipinski definition) is 2. The maximum atomic E-state index is 13.6. The van der Waals surface area contributed by atoms with Gasteiger partial charge in [-0.05, 0) is 29.5 Å². The van der Waals surface area contributed by atoms with Gasteiger partial charge in [-0.25, -0.2) is 4.39 Å². The first-order valence-electron chi connectivity index (χ1n) is 4.00. The van der Waals surface area contributed by atoms with Gasteiger partial charge in [-0.3, -0.25) is 0 Å². The van der Waals surface area contributed by atoms with Gasteiger partial charge in [0.25, 0.3) is 0 Å². The Hall–Kier alpha value is -0.930. The molecule has 0 aliphatic rings. The third-order valence-corrected chi connectivity index (χ3v) is 3.11. The van der Waals surface area contributed by atoms with Crippen molar-refractivity contribution < 1.29 is 9.50 Å². The first-order valence-corrected chi connectivity index (χ1v) is 4.88. The molecule has 0 aliphatic heterocycles. The monoisotopic (exact) mass is 196 g/mol. The highest BCUT2D eigenvalue weighted by molar-refractivity contribution is 7.17. The predicted molar refractivity (Wildman–Crippen MR) is 52.4 cm³/mol. The van der Waals surface area contributed by atoms with E-state index in [0.717, 1.165) is 4.70 Å². The van der Waals surface area contributed by atoms with Gasteiger partial charge < -0.3 is 5.11 Å². The van der Waals surface area contributed by atoms with E-state index in [1.807, 2.05) is 6.07 Å². The Morgan fingerprint density at radius 2 is 2.23 bits per heavy atom. The number of thiophene rings is 1. The van der Waals surface area contributed by atoms with Crippen LogP contribution < -0.4 is 0 Å². The van der Waals surface area contributed by atoms with Gasteiger partial charge in [0.15, 0.2) is 0 Å². The van der Waals surface area contributed by atoms with Crippen molar-refractivity contribution in [2.75, 3.05) is 0 Å². The average Bonchev–Trinajstić information content (AvgIpc) is 2.55. The van der Waals surface area contributed by atoms with E-state index in [4.69, 9.17) is 5.11 Å². The van der Waals surface area contributed by atoms with Gasteiger partial charge in [-0.1, -0.05) is 6.07 Å². The summed E-state index contributed by atoms with van der Waals surface area (Å²) < 4.78 is 14.5. The largest absolute Gasteiger partial charge is 0.392 e. The van der Waals surface area contributed by atoms with Gasteiger partial charge in [-0.15, -0.1) is 11.3 Å². The summed E-state index contributed by atoms with van der Waals surface area (Å²) in [4.78, 5) is 0. The molecule has 0 saturated carbocycles. The number of aliphatic hydroxyl groups excluding tert-OH is 1. The molecule has 2 aromatic rings. The molecule has 0 amide bonds. The van der Waals surface area contributed by atoms with Crippen LogP contribution in [-0.2, 0) is 6.61 Å². The first-order chi connectivity index (χ1) is 6.24. The third kappa shape index (κ3) is 1.24. The number of halogens is 1. The van der Waals surface area contributed by atoms with Crippen LogP contribution in [0, 0.1) is 12.7 Å². The summed E-state index contributed by atoms with van der Waals surface area (Å²) in [6.45, 7) is 1.63. The maximum absolute atomic E-state index is 13.6. The molecule has 68 valence electrons. The van der Waals surface area contributed by atoms with Gasteiger partial charge in [0, 0.05) is 10.1 Å². The summed E-state index contributed by atoms with van der Waals surface area (Å²) in [6, 6.07) is 3.65. The third-order valence-electron chi connectivity index (χ3n) is 2.12. The Morgan fingerprint density at radius 3 is 2.92 bits per heavy atom. The fraction of sp³-hybridized carbons (Fsp3) is 0.200. The molecule has 0 atom stereocenters. The number of aliphatic hydroxyl groups is 1. The number of benzene rings is 1. The summed E-state index contributed by atoms with van der Waals surface area (Å²) >= 11 is 1.46. The van der Waals surface area contributed by atoms with Crippen molar-refractivity contribution in [1.29, 1.82) is 0 Å². The summed E-state index contributed by atoms with van der Waals surface area (Å²) in [5, 5.41) is 11.4. The average molecular weight is 196 g/mol. The van der Waals surface area contributed by atoms with Crippen LogP contribution in [0.1, 0.15) is 11.1 Å². The van der Waals surface area contributed by atoms with Crippen LogP contribution in [0.3, 0.4) is 0 Å². The van der Waals surface area contributed by atoms with Crippen molar-refractivity contribution in [2.45, 2.75) is 13.5 Å². The molecule has 1 N–H and O–H groups in total. The number of rotatable bonds is 1. The Balaban J connectivity index is 2.85. The maximum Gasteiger partial charge on any atom is 0.135 e. The summed E-state index contributed by atoms with van der Waals surface area (Å²) in [5.74, 6) is -0.206. The van der Waals surface area contributed by atoms with Crippen molar-refractivity contribution in [1.82, 2.24) is 0 Å². The minimum atomic E-state index is -0.206. The lowest BCUT2D eigenvalue weighted by Gasteiger charge is -1.99. The van der Waals surface area contributed by atoms with E-state index in [2.05, 4.69) is 0 Å². The van der Waals surface area contributed by atoms with E-state index < -0.39 is 0 Å². The highest BCUT2D eigenvalue weighted by Gasteiger charge is 2.09. The molecule has 13 heavy (non-hydrogen) atoms. The van der Waals surface area contributed by atoms with E-state index in [1.165, 1.54) is 11.3 Å². The molecule has 1 aromatic heterocycles. The zero-order valence-corrected chi connectivity index (χ0v) is 7.99. The second kappa shape index (κ2) is 3.09. The number of hydrogen-bond donors (Lipinski definition) is 1. The molecule has 3 heteroatoms. The van der Waals surface area contributed by atoms with Crippen molar-refractivity contribution in [3.8, 4) is 0 Å². The zero-order valence-electron chi connectivity index (χ0n) is 7.17. The van der Waals surface area contributed by atoms with Gasteiger partial charge in [0.2, 0.25) is 0 Å². The minimum absolute atomic E-state index is 0.0969. The number of fused-ring (bicyclic) bond motifs is 1. The second-order valence-corrected chi connectivity index (χ2v) is 3.90. The fourth-order valence-corrected chi connectivity index (χ4v) is 2.32. The zero-order chi connectivity index (χ0) is 9.42. The van der Waals surface area contributed by atoms with Crippen LogP contribution in [-0.4, -0.2) is 5.11 Å². The minimum Gasteiger partial charge on any atom is -0.392 e.